The average molecular weight is 303 g/mol. The lowest BCUT2D eigenvalue weighted by atomic mass is 10.1. The highest BCUT2D eigenvalue weighted by Gasteiger charge is 2.20. The molecule has 3 heteroatoms. The number of ether oxygens (including phenoxy) is 1. The van der Waals surface area contributed by atoms with Crippen LogP contribution in [0, 0.1) is 20.8 Å². The van der Waals surface area contributed by atoms with Gasteiger partial charge in [-0.25, -0.2) is 0 Å². The van der Waals surface area contributed by atoms with E-state index in [0.29, 0.717) is 6.04 Å². The number of carbonyl (C=O) groups excluding carboxylic acids is 1. The maximum Gasteiger partial charge on any atom is 0.260 e. The number of carbonyl (C=O) groups is 1. The summed E-state index contributed by atoms with van der Waals surface area (Å²) in [5.74, 6) is 0.825. The summed E-state index contributed by atoms with van der Waals surface area (Å²) in [5.41, 5.74) is 3.47. The van der Waals surface area contributed by atoms with E-state index in [1.165, 1.54) is 31.2 Å². The van der Waals surface area contributed by atoms with Gasteiger partial charge in [-0.15, -0.1) is 0 Å². The molecule has 0 bridgehead atoms. The van der Waals surface area contributed by atoms with Gasteiger partial charge >= 0.3 is 0 Å². The van der Waals surface area contributed by atoms with E-state index in [9.17, 15) is 4.79 Å². The van der Waals surface area contributed by atoms with Crippen molar-refractivity contribution in [1.82, 2.24) is 5.32 Å². The number of amides is 1. The van der Waals surface area contributed by atoms with Crippen LogP contribution in [-0.2, 0) is 4.79 Å². The fourth-order valence-corrected chi connectivity index (χ4v) is 3.11. The number of aryl methyl sites for hydroxylation is 2. The Kier molecular flexibility index (Phi) is 5.87. The fourth-order valence-electron chi connectivity index (χ4n) is 3.11. The Balaban J connectivity index is 1.96. The number of rotatable bonds is 4. The highest BCUT2D eigenvalue weighted by Crippen LogP contribution is 2.24. The van der Waals surface area contributed by atoms with Gasteiger partial charge in [0.2, 0.25) is 0 Å². The number of benzene rings is 1. The molecule has 0 saturated heterocycles. The molecular weight excluding hydrogens is 274 g/mol. The normalized spacial score (nSPS) is 17.6. The molecule has 1 aliphatic rings. The van der Waals surface area contributed by atoms with Crippen molar-refractivity contribution in [1.29, 1.82) is 0 Å². The van der Waals surface area contributed by atoms with Crippen LogP contribution in [0.25, 0.3) is 0 Å². The van der Waals surface area contributed by atoms with E-state index in [1.54, 1.807) is 0 Å². The summed E-state index contributed by atoms with van der Waals surface area (Å²) >= 11 is 0. The molecule has 2 rings (SSSR count). The molecule has 0 spiro atoms. The monoisotopic (exact) mass is 303 g/mol. The summed E-state index contributed by atoms with van der Waals surface area (Å²) in [6.07, 6.45) is 6.76. The molecule has 1 aliphatic carbocycles. The van der Waals surface area contributed by atoms with Crippen molar-refractivity contribution in [2.45, 2.75) is 78.4 Å². The zero-order valence-electron chi connectivity index (χ0n) is 14.4. The van der Waals surface area contributed by atoms with Crippen LogP contribution < -0.4 is 10.1 Å². The van der Waals surface area contributed by atoms with Crippen LogP contribution in [-0.4, -0.2) is 18.1 Å². The van der Waals surface area contributed by atoms with E-state index in [-0.39, 0.29) is 5.91 Å². The van der Waals surface area contributed by atoms with Crippen molar-refractivity contribution in [3.05, 3.63) is 28.8 Å². The molecule has 1 aromatic carbocycles. The highest BCUT2D eigenvalue weighted by atomic mass is 16.5. The van der Waals surface area contributed by atoms with E-state index in [1.807, 2.05) is 19.9 Å². The van der Waals surface area contributed by atoms with Crippen LogP contribution in [0.2, 0.25) is 0 Å². The molecule has 3 nitrogen and oxygen atoms in total. The van der Waals surface area contributed by atoms with Gasteiger partial charge in [-0.1, -0.05) is 31.7 Å². The molecule has 0 unspecified atom stereocenters. The first-order chi connectivity index (χ1) is 10.5. The van der Waals surface area contributed by atoms with Gasteiger partial charge in [0.05, 0.1) is 0 Å². The van der Waals surface area contributed by atoms with E-state index in [4.69, 9.17) is 4.74 Å². The lowest BCUT2D eigenvalue weighted by Gasteiger charge is -2.21. The molecule has 1 fully saturated rings. The highest BCUT2D eigenvalue weighted by molar-refractivity contribution is 5.81. The zero-order valence-corrected chi connectivity index (χ0v) is 14.4. The summed E-state index contributed by atoms with van der Waals surface area (Å²) in [6.45, 7) is 8.00. The van der Waals surface area contributed by atoms with Gasteiger partial charge in [-0.3, -0.25) is 4.79 Å². The van der Waals surface area contributed by atoms with Crippen LogP contribution in [0.5, 0.6) is 5.75 Å². The van der Waals surface area contributed by atoms with Crippen LogP contribution in [0.1, 0.15) is 62.1 Å². The quantitative estimate of drug-likeness (QED) is 0.846. The minimum atomic E-state index is -0.455. The van der Waals surface area contributed by atoms with Crippen molar-refractivity contribution in [2.75, 3.05) is 0 Å². The van der Waals surface area contributed by atoms with E-state index in [0.717, 1.165) is 29.7 Å². The van der Waals surface area contributed by atoms with E-state index in [2.05, 4.69) is 25.2 Å². The predicted molar refractivity (Wildman–Crippen MR) is 90.4 cm³/mol. The Bertz CT molecular complexity index is 516. The number of hydrogen-bond donors (Lipinski definition) is 1. The minimum absolute atomic E-state index is 0.00505. The number of hydrogen-bond acceptors (Lipinski definition) is 2. The third-order valence-electron chi connectivity index (χ3n) is 4.64. The van der Waals surface area contributed by atoms with Crippen LogP contribution in [0.4, 0.5) is 0 Å². The topological polar surface area (TPSA) is 38.3 Å². The molecule has 1 aromatic rings. The molecule has 1 N–H and O–H groups in total. The maximum atomic E-state index is 12.4. The van der Waals surface area contributed by atoms with E-state index < -0.39 is 6.10 Å². The maximum absolute atomic E-state index is 12.4. The standard InChI is InChI=1S/C19H29NO2/c1-13-11-14(2)15(3)18(12-13)22-16(4)19(21)20-17-9-7-5-6-8-10-17/h11-12,16-17H,5-10H2,1-4H3,(H,20,21)/t16-/m1/s1. The van der Waals surface area contributed by atoms with Gasteiger partial charge in [0, 0.05) is 6.04 Å². The van der Waals surface area contributed by atoms with Crippen molar-refractivity contribution in [3.63, 3.8) is 0 Å². The van der Waals surface area contributed by atoms with Gasteiger partial charge in [-0.2, -0.15) is 0 Å². The summed E-state index contributed by atoms with van der Waals surface area (Å²) in [7, 11) is 0. The smallest absolute Gasteiger partial charge is 0.260 e. The van der Waals surface area contributed by atoms with Crippen LogP contribution in [0.3, 0.4) is 0 Å². The first kappa shape index (κ1) is 16.9. The second-order valence-electron chi connectivity index (χ2n) is 6.66. The molecular formula is C19H29NO2. The number of nitrogens with one attached hydrogen (secondary N) is 1. The predicted octanol–water partition coefficient (Wildman–Crippen LogP) is 4.22. The third-order valence-corrected chi connectivity index (χ3v) is 4.64. The minimum Gasteiger partial charge on any atom is -0.481 e. The summed E-state index contributed by atoms with van der Waals surface area (Å²) in [4.78, 5) is 12.4. The Labute approximate surface area is 134 Å². The largest absolute Gasteiger partial charge is 0.481 e. The molecule has 122 valence electrons. The van der Waals surface area contributed by atoms with Gasteiger partial charge in [0.15, 0.2) is 6.10 Å². The van der Waals surface area contributed by atoms with Gasteiger partial charge in [0.25, 0.3) is 5.91 Å². The van der Waals surface area contributed by atoms with Gasteiger partial charge in [0.1, 0.15) is 5.75 Å². The third kappa shape index (κ3) is 4.49. The fraction of sp³-hybridized carbons (Fsp3) is 0.632. The summed E-state index contributed by atoms with van der Waals surface area (Å²) in [5, 5.41) is 3.16. The second kappa shape index (κ2) is 7.66. The molecule has 0 aromatic heterocycles. The molecule has 0 aliphatic heterocycles. The molecule has 22 heavy (non-hydrogen) atoms. The Morgan fingerprint density at radius 3 is 2.41 bits per heavy atom. The second-order valence-corrected chi connectivity index (χ2v) is 6.66. The van der Waals surface area contributed by atoms with Crippen molar-refractivity contribution >= 4 is 5.91 Å². The Morgan fingerprint density at radius 1 is 1.14 bits per heavy atom. The Morgan fingerprint density at radius 2 is 1.77 bits per heavy atom. The lowest BCUT2D eigenvalue weighted by Crippen LogP contribution is -2.42. The zero-order chi connectivity index (χ0) is 16.1. The summed E-state index contributed by atoms with van der Waals surface area (Å²) in [6, 6.07) is 4.47. The van der Waals surface area contributed by atoms with E-state index >= 15 is 0 Å². The molecule has 0 heterocycles. The average Bonchev–Trinajstić information content (AvgIpc) is 2.72. The Hall–Kier alpha value is -1.51. The first-order valence-electron chi connectivity index (χ1n) is 8.52. The molecule has 1 saturated carbocycles. The lowest BCUT2D eigenvalue weighted by molar-refractivity contribution is -0.128. The van der Waals surface area contributed by atoms with Crippen molar-refractivity contribution < 1.29 is 9.53 Å². The van der Waals surface area contributed by atoms with Crippen LogP contribution >= 0.6 is 0 Å². The van der Waals surface area contributed by atoms with Crippen LogP contribution in [0.15, 0.2) is 12.1 Å². The van der Waals surface area contributed by atoms with Crippen molar-refractivity contribution in [3.8, 4) is 5.75 Å². The summed E-state index contributed by atoms with van der Waals surface area (Å²) < 4.78 is 5.93. The SMILES string of the molecule is Cc1cc(C)c(C)c(O[C@H](C)C(=O)NC2CCCCCC2)c1. The molecule has 0 radical (unpaired) electrons. The van der Waals surface area contributed by atoms with Crippen molar-refractivity contribution in [2.24, 2.45) is 0 Å². The first-order valence-corrected chi connectivity index (χ1v) is 8.52. The van der Waals surface area contributed by atoms with Gasteiger partial charge < -0.3 is 10.1 Å². The molecule has 1 atom stereocenters. The molecule has 1 amide bonds. The van der Waals surface area contributed by atoms with Gasteiger partial charge in [-0.05, 0) is 63.3 Å².